The van der Waals surface area contributed by atoms with Crippen molar-refractivity contribution in [3.05, 3.63) is 70.1 Å². The predicted octanol–water partition coefficient (Wildman–Crippen LogP) is 2.49. The van der Waals surface area contributed by atoms with E-state index in [1.807, 2.05) is 6.92 Å². The van der Waals surface area contributed by atoms with Crippen molar-refractivity contribution in [1.29, 1.82) is 0 Å². The summed E-state index contributed by atoms with van der Waals surface area (Å²) in [6, 6.07) is 13.0. The first-order valence-electron chi connectivity index (χ1n) is 8.57. The van der Waals surface area contributed by atoms with Crippen molar-refractivity contribution in [1.82, 2.24) is 5.32 Å². The number of aryl methyl sites for hydroxylation is 1. The largest absolute Gasteiger partial charge is 0.497 e. The molecule has 28 heavy (non-hydrogen) atoms. The molecule has 0 aliphatic rings. The number of ketones is 1. The number of amides is 1. The second kappa shape index (κ2) is 8.39. The van der Waals surface area contributed by atoms with Crippen molar-refractivity contribution >= 4 is 22.7 Å². The van der Waals surface area contributed by atoms with E-state index in [-0.39, 0.29) is 18.9 Å². The summed E-state index contributed by atoms with van der Waals surface area (Å²) < 4.78 is 15.6. The number of ether oxygens (including phenoxy) is 2. The number of carbonyl (C=O) groups is 2. The van der Waals surface area contributed by atoms with Gasteiger partial charge >= 0.3 is 5.63 Å². The Morgan fingerprint density at radius 2 is 1.75 bits per heavy atom. The van der Waals surface area contributed by atoms with Gasteiger partial charge in [0.15, 0.2) is 12.4 Å². The second-order valence-electron chi connectivity index (χ2n) is 6.12. The number of methoxy groups -OCH3 is 1. The van der Waals surface area contributed by atoms with Crippen molar-refractivity contribution in [2.24, 2.45) is 0 Å². The van der Waals surface area contributed by atoms with E-state index in [0.29, 0.717) is 22.6 Å². The van der Waals surface area contributed by atoms with E-state index < -0.39 is 11.5 Å². The van der Waals surface area contributed by atoms with Crippen LogP contribution in [0.2, 0.25) is 0 Å². The van der Waals surface area contributed by atoms with E-state index in [1.54, 1.807) is 49.6 Å². The first kappa shape index (κ1) is 19.2. The van der Waals surface area contributed by atoms with Crippen LogP contribution < -0.4 is 20.4 Å². The molecule has 1 aromatic heterocycles. The minimum Gasteiger partial charge on any atom is -0.497 e. The van der Waals surface area contributed by atoms with E-state index in [2.05, 4.69) is 5.32 Å². The predicted molar refractivity (Wildman–Crippen MR) is 103 cm³/mol. The van der Waals surface area contributed by atoms with Crippen molar-refractivity contribution < 1.29 is 23.5 Å². The molecular formula is C21H19NO6. The Balaban J connectivity index is 1.54. The first-order valence-corrected chi connectivity index (χ1v) is 8.57. The fourth-order valence-corrected chi connectivity index (χ4v) is 2.65. The Hall–Kier alpha value is -3.61. The summed E-state index contributed by atoms with van der Waals surface area (Å²) >= 11 is 0. The summed E-state index contributed by atoms with van der Waals surface area (Å²) in [5.74, 6) is 0.375. The number of rotatable bonds is 7. The summed E-state index contributed by atoms with van der Waals surface area (Å²) in [7, 11) is 1.54. The van der Waals surface area contributed by atoms with E-state index >= 15 is 0 Å². The van der Waals surface area contributed by atoms with Gasteiger partial charge in [-0.15, -0.1) is 0 Å². The zero-order valence-electron chi connectivity index (χ0n) is 15.5. The number of nitrogens with one attached hydrogen (secondary N) is 1. The lowest BCUT2D eigenvalue weighted by atomic mass is 10.1. The molecule has 0 fully saturated rings. The normalized spacial score (nSPS) is 10.5. The molecule has 0 aliphatic heterocycles. The molecule has 0 atom stereocenters. The highest BCUT2D eigenvalue weighted by atomic mass is 16.5. The molecule has 0 saturated heterocycles. The highest BCUT2D eigenvalue weighted by Crippen LogP contribution is 2.22. The third-order valence-electron chi connectivity index (χ3n) is 4.15. The molecule has 3 aromatic rings. The molecule has 0 saturated carbocycles. The lowest BCUT2D eigenvalue weighted by Crippen LogP contribution is -2.33. The Morgan fingerprint density at radius 1 is 1.04 bits per heavy atom. The van der Waals surface area contributed by atoms with E-state index in [1.165, 1.54) is 6.07 Å². The topological polar surface area (TPSA) is 94.8 Å². The average Bonchev–Trinajstić information content (AvgIpc) is 2.70. The maximum absolute atomic E-state index is 12.1. The fraction of sp³-hybridized carbons (Fsp3) is 0.190. The average molecular weight is 381 g/mol. The molecule has 3 rings (SSSR count). The zero-order valence-corrected chi connectivity index (χ0v) is 15.5. The van der Waals surface area contributed by atoms with Crippen LogP contribution >= 0.6 is 0 Å². The Morgan fingerprint density at radius 3 is 2.46 bits per heavy atom. The van der Waals surface area contributed by atoms with Gasteiger partial charge in [0.25, 0.3) is 5.91 Å². The SMILES string of the molecule is COc1ccc(C(=O)CNC(=O)COc2ccc3c(C)cc(=O)oc3c2)cc1. The molecule has 0 radical (unpaired) electrons. The van der Waals surface area contributed by atoms with Crippen molar-refractivity contribution in [3.8, 4) is 11.5 Å². The molecule has 0 unspecified atom stereocenters. The van der Waals surface area contributed by atoms with Gasteiger partial charge in [-0.2, -0.15) is 0 Å². The second-order valence-corrected chi connectivity index (χ2v) is 6.12. The minimum atomic E-state index is -0.447. The van der Waals surface area contributed by atoms with Gasteiger partial charge in [-0.3, -0.25) is 9.59 Å². The van der Waals surface area contributed by atoms with Gasteiger partial charge in [0.2, 0.25) is 0 Å². The fourth-order valence-electron chi connectivity index (χ4n) is 2.65. The van der Waals surface area contributed by atoms with Crippen LogP contribution in [-0.4, -0.2) is 32.0 Å². The van der Waals surface area contributed by atoms with E-state index in [9.17, 15) is 14.4 Å². The molecular weight excluding hydrogens is 362 g/mol. The van der Waals surface area contributed by atoms with Crippen LogP contribution in [0.25, 0.3) is 11.0 Å². The summed E-state index contributed by atoms with van der Waals surface area (Å²) in [6.07, 6.45) is 0. The highest BCUT2D eigenvalue weighted by Gasteiger charge is 2.10. The molecule has 0 aliphatic carbocycles. The molecule has 2 aromatic carbocycles. The third kappa shape index (κ3) is 4.56. The van der Waals surface area contributed by atoms with E-state index in [0.717, 1.165) is 10.9 Å². The summed E-state index contributed by atoms with van der Waals surface area (Å²) in [5, 5.41) is 3.31. The molecule has 7 nitrogen and oxygen atoms in total. The zero-order chi connectivity index (χ0) is 20.1. The smallest absolute Gasteiger partial charge is 0.336 e. The summed E-state index contributed by atoms with van der Waals surface area (Å²) in [5.41, 5.74) is 1.21. The number of carbonyl (C=O) groups excluding carboxylic acids is 2. The number of hydrogen-bond acceptors (Lipinski definition) is 6. The maximum atomic E-state index is 12.1. The van der Waals surface area contributed by atoms with E-state index in [4.69, 9.17) is 13.9 Å². The number of Topliss-reactive ketones (excluding diaryl/α,β-unsaturated/α-hetero) is 1. The lowest BCUT2D eigenvalue weighted by Gasteiger charge is -2.08. The number of hydrogen-bond donors (Lipinski definition) is 1. The molecule has 1 heterocycles. The van der Waals surface area contributed by atoms with Crippen LogP contribution in [0.1, 0.15) is 15.9 Å². The summed E-state index contributed by atoms with van der Waals surface area (Å²) in [6.45, 7) is 1.41. The lowest BCUT2D eigenvalue weighted by molar-refractivity contribution is -0.122. The van der Waals surface area contributed by atoms with Crippen molar-refractivity contribution in [2.75, 3.05) is 20.3 Å². The molecule has 144 valence electrons. The standard InChI is InChI=1S/C21H19NO6/c1-13-9-21(25)28-19-10-16(7-8-17(13)19)27-12-20(24)22-11-18(23)14-3-5-15(26-2)6-4-14/h3-10H,11-12H2,1-2H3,(H,22,24). The maximum Gasteiger partial charge on any atom is 0.336 e. The summed E-state index contributed by atoms with van der Waals surface area (Å²) in [4.78, 5) is 35.5. The Kier molecular flexibility index (Phi) is 5.74. The van der Waals surface area contributed by atoms with Crippen LogP contribution in [0.3, 0.4) is 0 Å². The van der Waals surface area contributed by atoms with Crippen LogP contribution in [0.5, 0.6) is 11.5 Å². The van der Waals surface area contributed by atoms with Crippen molar-refractivity contribution in [2.45, 2.75) is 6.92 Å². The van der Waals surface area contributed by atoms with Gasteiger partial charge < -0.3 is 19.2 Å². The molecule has 0 bridgehead atoms. The molecule has 1 N–H and O–H groups in total. The van der Waals surface area contributed by atoms with Gasteiger partial charge in [-0.05, 0) is 48.9 Å². The van der Waals surface area contributed by atoms with Gasteiger partial charge in [0.1, 0.15) is 17.1 Å². The molecule has 0 spiro atoms. The first-order chi connectivity index (χ1) is 13.5. The number of fused-ring (bicyclic) bond motifs is 1. The van der Waals surface area contributed by atoms with Gasteiger partial charge in [0.05, 0.1) is 13.7 Å². The monoisotopic (exact) mass is 381 g/mol. The quantitative estimate of drug-likeness (QED) is 0.499. The number of benzene rings is 2. The van der Waals surface area contributed by atoms with Crippen LogP contribution in [0, 0.1) is 6.92 Å². The van der Waals surface area contributed by atoms with Crippen LogP contribution in [-0.2, 0) is 4.79 Å². The Labute approximate surface area is 160 Å². The third-order valence-corrected chi connectivity index (χ3v) is 4.15. The Bertz CT molecular complexity index is 1070. The van der Waals surface area contributed by atoms with Crippen LogP contribution in [0.4, 0.5) is 0 Å². The highest BCUT2D eigenvalue weighted by molar-refractivity contribution is 5.99. The minimum absolute atomic E-state index is 0.139. The van der Waals surface area contributed by atoms with Gasteiger partial charge in [-0.25, -0.2) is 4.79 Å². The van der Waals surface area contributed by atoms with Gasteiger partial charge in [0, 0.05) is 23.1 Å². The molecule has 1 amide bonds. The van der Waals surface area contributed by atoms with Crippen LogP contribution in [0.15, 0.2) is 57.7 Å². The van der Waals surface area contributed by atoms with Gasteiger partial charge in [-0.1, -0.05) is 0 Å². The molecule has 7 heteroatoms. The van der Waals surface area contributed by atoms with Crippen molar-refractivity contribution in [3.63, 3.8) is 0 Å².